The maximum Gasteiger partial charge on any atom is 0.252 e. The molecular weight excluding hydrogens is 616 g/mol. The number of ether oxygens (including phenoxy) is 2. The van der Waals surface area contributed by atoms with E-state index >= 15 is 0 Å². The topological polar surface area (TPSA) is 173 Å². The molecule has 2 aromatic heterocycles. The van der Waals surface area contributed by atoms with Crippen molar-refractivity contribution in [3.63, 3.8) is 0 Å². The summed E-state index contributed by atoms with van der Waals surface area (Å²) >= 11 is 0. The number of aliphatic hydroxyl groups excluding tert-OH is 1. The van der Waals surface area contributed by atoms with Crippen LogP contribution in [0, 0.1) is 5.92 Å². The van der Waals surface area contributed by atoms with Crippen LogP contribution in [0.2, 0.25) is 0 Å². The standard InChI is InChI=1S/C34H48N8O6/c1-23(2)18-28-33(45)38-31(24(3)43)34(46)36-14-7-8-15-41(20-26-10-5-6-13-35-26)16-9-17-42-21-27(39-40-42)22-48-30-19-25(32(44)37-28)11-12-29(30)47-4/h5-6,10-13,19,21,23-24,28,31,43H,7-9,14-18,20,22H2,1-4H3,(H,36,46)(H,37,44)(H,38,45)/t24-,28-,31+/m1/s1. The number of carbonyl (C=O) groups is 3. The van der Waals surface area contributed by atoms with Gasteiger partial charge in [0.05, 0.1) is 25.1 Å². The van der Waals surface area contributed by atoms with Gasteiger partial charge in [-0.15, -0.1) is 5.10 Å². The van der Waals surface area contributed by atoms with Gasteiger partial charge in [0.2, 0.25) is 11.8 Å². The van der Waals surface area contributed by atoms with E-state index in [1.807, 2.05) is 38.2 Å². The summed E-state index contributed by atoms with van der Waals surface area (Å²) in [4.78, 5) is 46.7. The Morgan fingerprint density at radius 2 is 1.83 bits per heavy atom. The minimum atomic E-state index is -1.19. The number of hydrogen-bond donors (Lipinski definition) is 4. The molecule has 0 saturated heterocycles. The largest absolute Gasteiger partial charge is 0.493 e. The highest BCUT2D eigenvalue weighted by atomic mass is 16.5. The summed E-state index contributed by atoms with van der Waals surface area (Å²) in [5.41, 5.74) is 1.85. The van der Waals surface area contributed by atoms with E-state index in [9.17, 15) is 19.5 Å². The van der Waals surface area contributed by atoms with Gasteiger partial charge >= 0.3 is 0 Å². The molecule has 14 nitrogen and oxygen atoms in total. The molecule has 0 radical (unpaired) electrons. The number of fused-ring (bicyclic) bond motifs is 4. The number of aryl methyl sites for hydroxylation is 1. The van der Waals surface area contributed by atoms with Crippen LogP contribution in [-0.2, 0) is 29.3 Å². The fraction of sp³-hybridized carbons (Fsp3) is 0.529. The molecule has 14 heteroatoms. The second-order valence-corrected chi connectivity index (χ2v) is 12.5. The number of aliphatic hydroxyl groups is 1. The normalized spacial score (nSPS) is 20.1. The number of pyridine rings is 1. The molecule has 3 heterocycles. The predicted molar refractivity (Wildman–Crippen MR) is 178 cm³/mol. The molecule has 3 amide bonds. The van der Waals surface area contributed by atoms with Gasteiger partial charge < -0.3 is 30.5 Å². The van der Waals surface area contributed by atoms with Crippen molar-refractivity contribution in [1.29, 1.82) is 0 Å². The molecule has 0 fully saturated rings. The van der Waals surface area contributed by atoms with Crippen LogP contribution in [-0.4, -0.2) is 92.6 Å². The van der Waals surface area contributed by atoms with Crippen molar-refractivity contribution in [3.8, 4) is 11.5 Å². The monoisotopic (exact) mass is 664 g/mol. The fourth-order valence-corrected chi connectivity index (χ4v) is 5.43. The Labute approximate surface area is 281 Å². The lowest BCUT2D eigenvalue weighted by atomic mass is 10.0. The van der Waals surface area contributed by atoms with Gasteiger partial charge in [-0.1, -0.05) is 25.1 Å². The average molecular weight is 665 g/mol. The van der Waals surface area contributed by atoms with Gasteiger partial charge in [0, 0.05) is 37.9 Å². The van der Waals surface area contributed by atoms with Gasteiger partial charge in [0.1, 0.15) is 24.4 Å². The van der Waals surface area contributed by atoms with Crippen molar-refractivity contribution in [2.75, 3.05) is 26.7 Å². The van der Waals surface area contributed by atoms with Crippen LogP contribution in [0.15, 0.2) is 48.8 Å². The van der Waals surface area contributed by atoms with Crippen molar-refractivity contribution in [2.45, 2.75) is 84.3 Å². The Kier molecular flexibility index (Phi) is 13.7. The van der Waals surface area contributed by atoms with E-state index in [2.05, 4.69) is 36.1 Å². The number of benzene rings is 1. The maximum atomic E-state index is 13.4. The smallest absolute Gasteiger partial charge is 0.252 e. The van der Waals surface area contributed by atoms with Crippen LogP contribution in [0.25, 0.3) is 0 Å². The third-order valence-electron chi connectivity index (χ3n) is 7.95. The average Bonchev–Trinajstić information content (AvgIpc) is 3.52. The van der Waals surface area contributed by atoms with Gasteiger partial charge in [0.25, 0.3) is 5.91 Å². The highest BCUT2D eigenvalue weighted by Crippen LogP contribution is 2.29. The molecule has 3 atom stereocenters. The van der Waals surface area contributed by atoms with Gasteiger partial charge in [-0.3, -0.25) is 28.9 Å². The third-order valence-corrected chi connectivity index (χ3v) is 7.95. The minimum Gasteiger partial charge on any atom is -0.493 e. The fourth-order valence-electron chi connectivity index (χ4n) is 5.43. The van der Waals surface area contributed by atoms with E-state index < -0.39 is 35.9 Å². The van der Waals surface area contributed by atoms with Crippen molar-refractivity contribution in [2.24, 2.45) is 5.92 Å². The predicted octanol–water partition coefficient (Wildman–Crippen LogP) is 2.07. The Balaban J connectivity index is 1.56. The molecule has 4 bridgehead atoms. The molecule has 0 aliphatic carbocycles. The molecule has 48 heavy (non-hydrogen) atoms. The first kappa shape index (κ1) is 36.3. The van der Waals surface area contributed by atoms with Crippen LogP contribution < -0.4 is 25.4 Å². The second-order valence-electron chi connectivity index (χ2n) is 12.5. The van der Waals surface area contributed by atoms with E-state index in [0.29, 0.717) is 49.7 Å². The number of hydrogen-bond acceptors (Lipinski definition) is 10. The zero-order valence-electron chi connectivity index (χ0n) is 28.2. The SMILES string of the molecule is COc1ccc2cc1OCc1cn(nn1)CCCN(Cc1ccccn1)CCCCNC(=O)[C@H]([C@@H](C)O)NC(=O)[C@@H](CC(C)C)NC2=O. The van der Waals surface area contributed by atoms with Gasteiger partial charge in [-0.25, -0.2) is 0 Å². The number of nitrogens with zero attached hydrogens (tertiary/aromatic N) is 5. The van der Waals surface area contributed by atoms with E-state index in [1.165, 1.54) is 14.0 Å². The summed E-state index contributed by atoms with van der Waals surface area (Å²) in [6.45, 7) is 8.72. The van der Waals surface area contributed by atoms with Crippen LogP contribution in [0.5, 0.6) is 11.5 Å². The van der Waals surface area contributed by atoms with Crippen LogP contribution >= 0.6 is 0 Å². The molecule has 1 aliphatic rings. The Morgan fingerprint density at radius 1 is 1.02 bits per heavy atom. The number of aromatic nitrogens is 4. The maximum absolute atomic E-state index is 13.4. The van der Waals surface area contributed by atoms with Crippen molar-refractivity contribution >= 4 is 17.7 Å². The molecule has 260 valence electrons. The van der Waals surface area contributed by atoms with E-state index in [1.54, 1.807) is 29.1 Å². The molecule has 0 saturated carbocycles. The lowest BCUT2D eigenvalue weighted by molar-refractivity contribution is -0.132. The Hall–Kier alpha value is -4.56. The zero-order chi connectivity index (χ0) is 34.5. The molecule has 1 aliphatic heterocycles. The number of amides is 3. The second kappa shape index (κ2) is 18.1. The van der Waals surface area contributed by atoms with E-state index in [4.69, 9.17) is 9.47 Å². The minimum absolute atomic E-state index is 0.0483. The third kappa shape index (κ3) is 11.0. The van der Waals surface area contributed by atoms with Crippen LogP contribution in [0.1, 0.15) is 68.2 Å². The quantitative estimate of drug-likeness (QED) is 0.306. The number of carbonyl (C=O) groups excluding carboxylic acids is 3. The van der Waals surface area contributed by atoms with E-state index in [0.717, 1.165) is 31.6 Å². The van der Waals surface area contributed by atoms with E-state index in [-0.39, 0.29) is 18.1 Å². The number of rotatable bonds is 6. The van der Waals surface area contributed by atoms with Crippen molar-refractivity contribution in [3.05, 3.63) is 65.7 Å². The van der Waals surface area contributed by atoms with Gasteiger partial charge in [0.15, 0.2) is 11.5 Å². The molecule has 0 spiro atoms. The summed E-state index contributed by atoms with van der Waals surface area (Å²) in [6.07, 6.45) is 5.12. The highest BCUT2D eigenvalue weighted by Gasteiger charge is 2.30. The summed E-state index contributed by atoms with van der Waals surface area (Å²) in [6, 6.07) is 8.47. The first-order valence-corrected chi connectivity index (χ1v) is 16.5. The Bertz CT molecular complexity index is 1480. The summed E-state index contributed by atoms with van der Waals surface area (Å²) < 4.78 is 13.3. The summed E-state index contributed by atoms with van der Waals surface area (Å²) in [5.74, 6) is -0.751. The first-order valence-electron chi connectivity index (χ1n) is 16.5. The van der Waals surface area contributed by atoms with Crippen LogP contribution in [0.4, 0.5) is 0 Å². The lowest BCUT2D eigenvalue weighted by Gasteiger charge is -2.26. The summed E-state index contributed by atoms with van der Waals surface area (Å²) in [5, 5.41) is 27.3. The number of nitrogens with one attached hydrogen (secondary N) is 3. The van der Waals surface area contributed by atoms with Crippen LogP contribution in [0.3, 0.4) is 0 Å². The Morgan fingerprint density at radius 3 is 2.56 bits per heavy atom. The zero-order valence-corrected chi connectivity index (χ0v) is 28.2. The first-order chi connectivity index (χ1) is 23.1. The molecule has 4 rings (SSSR count). The lowest BCUT2D eigenvalue weighted by Crippen LogP contribution is -2.57. The molecule has 4 N–H and O–H groups in total. The molecule has 1 aromatic carbocycles. The molecule has 3 aromatic rings. The van der Waals surface area contributed by atoms with Crippen molar-refractivity contribution < 1.29 is 29.0 Å². The van der Waals surface area contributed by atoms with Gasteiger partial charge in [-0.2, -0.15) is 0 Å². The highest BCUT2D eigenvalue weighted by molar-refractivity contribution is 5.99. The molecule has 0 unspecified atom stereocenters. The van der Waals surface area contributed by atoms with Crippen molar-refractivity contribution in [1.82, 2.24) is 40.8 Å². The van der Waals surface area contributed by atoms with Gasteiger partial charge in [-0.05, 0) is 75.4 Å². The summed E-state index contributed by atoms with van der Waals surface area (Å²) in [7, 11) is 1.51. The number of methoxy groups -OCH3 is 1. The molecular formula is C34H48N8O6.